The maximum absolute atomic E-state index is 13.0. The van der Waals surface area contributed by atoms with Crippen LogP contribution in [0.1, 0.15) is 29.2 Å². The van der Waals surface area contributed by atoms with Gasteiger partial charge >= 0.3 is 0 Å². The summed E-state index contributed by atoms with van der Waals surface area (Å²) >= 11 is 0. The highest BCUT2D eigenvalue weighted by molar-refractivity contribution is 6.46. The van der Waals surface area contributed by atoms with Crippen LogP contribution in [0.4, 0.5) is 0 Å². The second-order valence-corrected chi connectivity index (χ2v) is 7.79. The van der Waals surface area contributed by atoms with Gasteiger partial charge in [0.2, 0.25) is 0 Å². The van der Waals surface area contributed by atoms with E-state index in [1.807, 2.05) is 42.0 Å². The lowest BCUT2D eigenvalue weighted by Gasteiger charge is -2.25. The second kappa shape index (κ2) is 9.09. The van der Waals surface area contributed by atoms with Crippen molar-refractivity contribution in [3.8, 4) is 5.75 Å². The number of likely N-dealkylation sites (tertiary alicyclic amines) is 1. The van der Waals surface area contributed by atoms with E-state index in [2.05, 4.69) is 4.98 Å². The molecule has 7 heteroatoms. The number of hydrogen-bond acceptors (Lipinski definition) is 5. The van der Waals surface area contributed by atoms with Crippen molar-refractivity contribution >= 4 is 17.4 Å². The summed E-state index contributed by atoms with van der Waals surface area (Å²) < 4.78 is 7.17. The van der Waals surface area contributed by atoms with Crippen molar-refractivity contribution in [1.29, 1.82) is 0 Å². The molecular weight excluding hydrogens is 406 g/mol. The van der Waals surface area contributed by atoms with E-state index in [4.69, 9.17) is 4.74 Å². The zero-order valence-electron chi connectivity index (χ0n) is 18.1. The van der Waals surface area contributed by atoms with E-state index < -0.39 is 17.7 Å². The molecule has 0 aliphatic carbocycles. The Balaban J connectivity index is 1.72. The van der Waals surface area contributed by atoms with Crippen LogP contribution >= 0.6 is 0 Å². The van der Waals surface area contributed by atoms with Crippen molar-refractivity contribution in [3.63, 3.8) is 0 Å². The Kier molecular flexibility index (Phi) is 6.07. The molecule has 1 saturated heterocycles. The first-order valence-corrected chi connectivity index (χ1v) is 10.4. The molecule has 1 aliphatic rings. The smallest absolute Gasteiger partial charge is 0.295 e. The van der Waals surface area contributed by atoms with Gasteiger partial charge in [-0.15, -0.1) is 0 Å². The number of benzene rings is 2. The molecule has 1 N–H and O–H groups in total. The minimum atomic E-state index is -0.676. The molecule has 1 fully saturated rings. The van der Waals surface area contributed by atoms with E-state index in [0.717, 1.165) is 11.1 Å². The molecule has 1 unspecified atom stereocenters. The fourth-order valence-electron chi connectivity index (χ4n) is 3.95. The lowest BCUT2D eigenvalue weighted by molar-refractivity contribution is -0.139. The Labute approximate surface area is 186 Å². The number of aryl methyl sites for hydroxylation is 2. The standard InChI is InChI=1S/C25H25N3O4/c1-17-4-6-19(7-5-17)23(29)21-22(18-8-10-20(32-2)11-9-18)28(25(31)24(21)30)14-3-13-27-15-12-26-16-27/h4-12,15-16,22,29H,3,13-14H2,1-2H3/b23-21-. The molecule has 4 rings (SSSR count). The normalized spacial score (nSPS) is 17.7. The molecule has 0 radical (unpaired) electrons. The molecule has 1 aromatic heterocycles. The monoisotopic (exact) mass is 431 g/mol. The average molecular weight is 431 g/mol. The van der Waals surface area contributed by atoms with E-state index in [0.29, 0.717) is 30.8 Å². The maximum atomic E-state index is 13.0. The van der Waals surface area contributed by atoms with Crippen LogP contribution in [0.2, 0.25) is 0 Å². The fraction of sp³-hybridized carbons (Fsp3) is 0.240. The van der Waals surface area contributed by atoms with Crippen molar-refractivity contribution in [2.45, 2.75) is 25.9 Å². The minimum absolute atomic E-state index is 0.103. The SMILES string of the molecule is COc1ccc(C2/C(=C(/O)c3ccc(C)cc3)C(=O)C(=O)N2CCCn2ccnc2)cc1. The van der Waals surface area contributed by atoms with Crippen LogP contribution in [0.3, 0.4) is 0 Å². The molecule has 0 bridgehead atoms. The Morgan fingerprint density at radius 1 is 1.06 bits per heavy atom. The number of nitrogens with zero attached hydrogens (tertiary/aromatic N) is 3. The van der Waals surface area contributed by atoms with Crippen LogP contribution in [-0.4, -0.2) is 44.9 Å². The summed E-state index contributed by atoms with van der Waals surface area (Å²) in [4.78, 5) is 31.6. The predicted molar refractivity (Wildman–Crippen MR) is 120 cm³/mol. The number of carbonyl (C=O) groups excluding carboxylic acids is 2. The number of ether oxygens (including phenoxy) is 1. The summed E-state index contributed by atoms with van der Waals surface area (Å²) in [6, 6.07) is 13.8. The summed E-state index contributed by atoms with van der Waals surface area (Å²) in [7, 11) is 1.58. The number of Topliss-reactive ketones (excluding diaryl/α,β-unsaturated/α-hetero) is 1. The molecule has 2 heterocycles. The van der Waals surface area contributed by atoms with E-state index >= 15 is 0 Å². The number of amides is 1. The lowest BCUT2D eigenvalue weighted by Crippen LogP contribution is -2.31. The van der Waals surface area contributed by atoms with Crippen molar-refractivity contribution < 1.29 is 19.4 Å². The molecule has 2 aromatic carbocycles. The third kappa shape index (κ3) is 4.14. The number of ketones is 1. The Morgan fingerprint density at radius 2 is 1.78 bits per heavy atom. The molecule has 3 aromatic rings. The fourth-order valence-corrected chi connectivity index (χ4v) is 3.95. The summed E-state index contributed by atoms with van der Waals surface area (Å²) in [5, 5.41) is 11.1. The molecule has 7 nitrogen and oxygen atoms in total. The van der Waals surface area contributed by atoms with Gasteiger partial charge in [0.15, 0.2) is 0 Å². The van der Waals surface area contributed by atoms with Crippen LogP contribution < -0.4 is 4.74 Å². The number of imidazole rings is 1. The molecular formula is C25H25N3O4. The third-order valence-electron chi connectivity index (χ3n) is 5.67. The van der Waals surface area contributed by atoms with Gasteiger partial charge in [-0.25, -0.2) is 4.98 Å². The molecule has 1 amide bonds. The number of rotatable bonds is 7. The number of methoxy groups -OCH3 is 1. The molecule has 0 saturated carbocycles. The van der Waals surface area contributed by atoms with Gasteiger partial charge in [0.25, 0.3) is 11.7 Å². The second-order valence-electron chi connectivity index (χ2n) is 7.79. The minimum Gasteiger partial charge on any atom is -0.507 e. The number of aromatic nitrogens is 2. The highest BCUT2D eigenvalue weighted by Crippen LogP contribution is 2.39. The molecule has 0 spiro atoms. The zero-order chi connectivity index (χ0) is 22.7. The maximum Gasteiger partial charge on any atom is 0.295 e. The zero-order valence-corrected chi connectivity index (χ0v) is 18.1. The first kappa shape index (κ1) is 21.4. The Hall–Kier alpha value is -3.87. The van der Waals surface area contributed by atoms with Crippen LogP contribution in [0.25, 0.3) is 5.76 Å². The summed E-state index contributed by atoms with van der Waals surface area (Å²) in [6.07, 6.45) is 5.91. The average Bonchev–Trinajstić information content (AvgIpc) is 3.41. The highest BCUT2D eigenvalue weighted by Gasteiger charge is 2.45. The Bertz CT molecular complexity index is 1130. The van der Waals surface area contributed by atoms with E-state index in [1.54, 1.807) is 48.8 Å². The van der Waals surface area contributed by atoms with Crippen molar-refractivity contribution in [2.24, 2.45) is 0 Å². The van der Waals surface area contributed by atoms with Crippen LogP contribution in [0.5, 0.6) is 5.75 Å². The van der Waals surface area contributed by atoms with Gasteiger partial charge in [-0.2, -0.15) is 0 Å². The number of aliphatic hydroxyl groups excluding tert-OH is 1. The van der Waals surface area contributed by atoms with Gasteiger partial charge in [0.05, 0.1) is 25.1 Å². The van der Waals surface area contributed by atoms with Gasteiger partial charge in [-0.3, -0.25) is 9.59 Å². The van der Waals surface area contributed by atoms with Crippen LogP contribution in [-0.2, 0) is 16.1 Å². The Morgan fingerprint density at radius 3 is 2.41 bits per heavy atom. The van der Waals surface area contributed by atoms with Gasteiger partial charge in [0, 0.05) is 31.0 Å². The predicted octanol–water partition coefficient (Wildman–Crippen LogP) is 3.71. The number of hydrogen-bond donors (Lipinski definition) is 1. The topological polar surface area (TPSA) is 84.7 Å². The van der Waals surface area contributed by atoms with Gasteiger partial charge in [-0.05, 0) is 31.0 Å². The first-order valence-electron chi connectivity index (χ1n) is 10.4. The number of aliphatic hydroxyl groups is 1. The summed E-state index contributed by atoms with van der Waals surface area (Å²) in [6.45, 7) is 2.97. The molecule has 164 valence electrons. The van der Waals surface area contributed by atoms with Gasteiger partial charge in [0.1, 0.15) is 11.5 Å². The van der Waals surface area contributed by atoms with Gasteiger partial charge in [-0.1, -0.05) is 42.0 Å². The summed E-state index contributed by atoms with van der Waals surface area (Å²) in [5.41, 5.74) is 2.38. The van der Waals surface area contributed by atoms with Crippen LogP contribution in [0, 0.1) is 6.92 Å². The lowest BCUT2D eigenvalue weighted by atomic mass is 9.95. The molecule has 32 heavy (non-hydrogen) atoms. The largest absolute Gasteiger partial charge is 0.507 e. The van der Waals surface area contributed by atoms with Crippen LogP contribution in [0.15, 0.2) is 72.8 Å². The van der Waals surface area contributed by atoms with Gasteiger partial charge < -0.3 is 19.3 Å². The number of carbonyl (C=O) groups is 2. The highest BCUT2D eigenvalue weighted by atomic mass is 16.5. The quantitative estimate of drug-likeness (QED) is 0.350. The summed E-state index contributed by atoms with van der Waals surface area (Å²) in [5.74, 6) is -0.776. The van der Waals surface area contributed by atoms with E-state index in [1.165, 1.54) is 0 Å². The third-order valence-corrected chi connectivity index (χ3v) is 5.67. The first-order chi connectivity index (χ1) is 15.5. The van der Waals surface area contributed by atoms with E-state index in [-0.39, 0.29) is 11.3 Å². The van der Waals surface area contributed by atoms with Crippen molar-refractivity contribution in [3.05, 3.63) is 89.5 Å². The molecule has 1 atom stereocenters. The molecule has 1 aliphatic heterocycles. The van der Waals surface area contributed by atoms with Crippen molar-refractivity contribution in [2.75, 3.05) is 13.7 Å². The van der Waals surface area contributed by atoms with Crippen molar-refractivity contribution in [1.82, 2.24) is 14.5 Å². The van der Waals surface area contributed by atoms with E-state index in [9.17, 15) is 14.7 Å².